The highest BCUT2D eigenvalue weighted by molar-refractivity contribution is 7.81. The van der Waals surface area contributed by atoms with Crippen molar-refractivity contribution in [3.8, 4) is 5.75 Å². The van der Waals surface area contributed by atoms with Crippen molar-refractivity contribution < 1.29 is 45.9 Å². The van der Waals surface area contributed by atoms with Crippen molar-refractivity contribution in [1.82, 2.24) is 28.4 Å². The fourth-order valence-corrected chi connectivity index (χ4v) is 21.7. The monoisotopic (exact) mass is 1240 g/mol. The molecule has 20 heteroatoms. The Morgan fingerprint density at radius 2 is 0.918 bits per heavy atom. The van der Waals surface area contributed by atoms with Gasteiger partial charge in [0.2, 0.25) is 0 Å². The fraction of sp³-hybridized carbons (Fsp3) is 0.631. The normalized spacial score (nSPS) is 31.3. The third-order valence-corrected chi connectivity index (χ3v) is 27.3. The van der Waals surface area contributed by atoms with E-state index in [-0.39, 0.29) is 5.75 Å². The topological polar surface area (TPSA) is 162 Å². The number of fused-ring (bicyclic) bond motifs is 12. The number of rotatable bonds is 11. The molecule has 0 amide bonds. The Labute approximate surface area is 508 Å². The molecule has 6 saturated heterocycles. The van der Waals surface area contributed by atoms with E-state index >= 15 is 0 Å². The molecular weight excluding hydrogens is 1150 g/mol. The van der Waals surface area contributed by atoms with Gasteiger partial charge in [-0.05, 0) is 166 Å². The molecule has 9 unspecified atom stereocenters. The minimum atomic E-state index is -3.51. The van der Waals surface area contributed by atoms with Crippen LogP contribution in [-0.4, -0.2) is 134 Å². The van der Waals surface area contributed by atoms with Gasteiger partial charge in [-0.2, -0.15) is 0 Å². The summed E-state index contributed by atoms with van der Waals surface area (Å²) in [5.41, 5.74) is 13.9. The largest absolute Gasteiger partial charge is 0.508 e. The van der Waals surface area contributed by atoms with Crippen molar-refractivity contribution >= 4 is 66.4 Å². The zero-order chi connectivity index (χ0) is 60.0. The van der Waals surface area contributed by atoms with Crippen LogP contribution in [0.2, 0.25) is 0 Å². The molecule has 3 aliphatic carbocycles. The first kappa shape index (κ1) is 61.9. The number of aromatic amines is 1. The molecule has 12 heterocycles. The zero-order valence-corrected chi connectivity index (χ0v) is 55.4. The van der Waals surface area contributed by atoms with Crippen LogP contribution in [0, 0.1) is 49.4 Å². The maximum atomic E-state index is 13.7. The van der Waals surface area contributed by atoms with E-state index < -0.39 is 22.4 Å². The number of phenols is 1. The summed E-state index contributed by atoms with van der Waals surface area (Å²) in [5.74, 6) is 6.38. The van der Waals surface area contributed by atoms with Crippen molar-refractivity contribution in [3.05, 3.63) is 99.5 Å². The zero-order valence-electron chi connectivity index (χ0n) is 51.9. The van der Waals surface area contributed by atoms with Gasteiger partial charge >= 0.3 is 22.4 Å². The summed E-state index contributed by atoms with van der Waals surface area (Å²) in [5, 5.41) is 13.8. The third-order valence-electron chi connectivity index (χ3n) is 21.9. The lowest BCUT2D eigenvalue weighted by Gasteiger charge is -2.53. The molecule has 464 valence electrons. The van der Waals surface area contributed by atoms with Gasteiger partial charge in [-0.25, -0.2) is 13.7 Å². The Balaban J connectivity index is 0.000000119. The predicted molar refractivity (Wildman–Crippen MR) is 340 cm³/mol. The number of piperidine rings is 6. The Morgan fingerprint density at radius 3 is 1.35 bits per heavy atom. The molecule has 6 aromatic rings. The van der Waals surface area contributed by atoms with E-state index in [1.807, 2.05) is 14.7 Å². The lowest BCUT2D eigenvalue weighted by Crippen LogP contribution is -2.56. The summed E-state index contributed by atoms with van der Waals surface area (Å²) < 4.78 is 71.8. The number of benzene rings is 3. The Hall–Kier alpha value is -3.30. The molecule has 15 atom stereocenters. The molecule has 9 fully saturated rings. The van der Waals surface area contributed by atoms with E-state index in [1.54, 1.807) is 23.4 Å². The minimum Gasteiger partial charge on any atom is -0.508 e. The van der Waals surface area contributed by atoms with Crippen molar-refractivity contribution in [1.29, 1.82) is 0 Å². The number of nitrogens with one attached hydrogen (secondary N) is 1. The first-order valence-corrected chi connectivity index (χ1v) is 37.0. The van der Waals surface area contributed by atoms with Crippen LogP contribution in [0.15, 0.2) is 54.6 Å². The van der Waals surface area contributed by atoms with Crippen LogP contribution in [0.5, 0.6) is 5.75 Å². The molecule has 12 aliphatic rings. The summed E-state index contributed by atoms with van der Waals surface area (Å²) >= 11 is 5.02. The average Bonchev–Trinajstić information content (AvgIpc) is 1.66. The van der Waals surface area contributed by atoms with Gasteiger partial charge in [-0.1, -0.05) is 63.3 Å². The van der Waals surface area contributed by atoms with Crippen LogP contribution in [0.3, 0.4) is 0 Å². The first-order chi connectivity index (χ1) is 40.9. The van der Waals surface area contributed by atoms with Gasteiger partial charge in [0, 0.05) is 168 Å². The molecule has 0 radical (unpaired) electrons. The first-order valence-electron chi connectivity index (χ1n) is 31.6. The molecule has 12 bridgehead atoms. The molecule has 3 saturated carbocycles. The number of phenolic OH excluding ortho intramolecular Hbond substituents is 1. The van der Waals surface area contributed by atoms with Gasteiger partial charge in [0.1, 0.15) is 5.75 Å². The molecule has 16 nitrogen and oxygen atoms in total. The van der Waals surface area contributed by atoms with E-state index in [1.165, 1.54) is 171 Å². The molecule has 9 aliphatic heterocycles. The molecule has 3 aromatic heterocycles. The van der Waals surface area contributed by atoms with E-state index in [0.29, 0.717) is 35.8 Å². The maximum Gasteiger partial charge on any atom is 0.439 e. The van der Waals surface area contributed by atoms with Crippen molar-refractivity contribution in [3.63, 3.8) is 0 Å². The van der Waals surface area contributed by atoms with Crippen molar-refractivity contribution in [2.45, 2.75) is 148 Å². The van der Waals surface area contributed by atoms with Gasteiger partial charge in [0.05, 0.1) is 11.0 Å². The number of hydrogen-bond donors (Lipinski definition) is 2. The molecular formula is C65H92ClN6O10P3. The van der Waals surface area contributed by atoms with E-state index in [4.69, 9.17) is 29.3 Å². The smallest absolute Gasteiger partial charge is 0.439 e. The molecule has 3 aromatic carbocycles. The van der Waals surface area contributed by atoms with Gasteiger partial charge in [-0.15, -0.1) is 0 Å². The van der Waals surface area contributed by atoms with Gasteiger partial charge in [0.15, 0.2) is 0 Å². The minimum absolute atomic E-state index is 0.234. The number of hydrogen-bond acceptors (Lipinski definition) is 13. The molecule has 2 N–H and O–H groups in total. The second kappa shape index (κ2) is 24.5. The number of aryl methyl sites for hydroxylation is 2. The van der Waals surface area contributed by atoms with Crippen LogP contribution in [0.25, 0.3) is 32.7 Å². The highest BCUT2D eigenvalue weighted by Crippen LogP contribution is 2.61. The fourth-order valence-electron chi connectivity index (χ4n) is 18.6. The number of halogens is 1. The van der Waals surface area contributed by atoms with Crippen molar-refractivity contribution in [2.75, 3.05) is 81.9 Å². The van der Waals surface area contributed by atoms with Crippen LogP contribution >= 0.6 is 33.7 Å². The van der Waals surface area contributed by atoms with Gasteiger partial charge in [-0.3, -0.25) is 41.5 Å². The number of aromatic nitrogens is 3. The second-order valence-electron chi connectivity index (χ2n) is 26.1. The lowest BCUT2D eigenvalue weighted by molar-refractivity contribution is -0.0138. The number of H-pyrrole nitrogens is 1. The lowest BCUT2D eigenvalue weighted by atomic mass is 9.65. The van der Waals surface area contributed by atoms with Gasteiger partial charge in [0.25, 0.3) is 0 Å². The van der Waals surface area contributed by atoms with Crippen LogP contribution < -0.4 is 0 Å². The molecule has 0 spiro atoms. The van der Waals surface area contributed by atoms with Gasteiger partial charge < -0.3 is 19.1 Å². The Kier molecular flexibility index (Phi) is 17.8. The second-order valence-corrected chi connectivity index (χ2v) is 33.1. The van der Waals surface area contributed by atoms with Crippen LogP contribution in [0.1, 0.15) is 141 Å². The standard InChI is InChI=1S/C22H31N2O3P.C21H29N2O4P.C20H26N2.C2H6ClO3P/c1-5-16-11-15-12-19-21(16)23(13-15)9-8-17-18-10-14(2)6-7-20(18)24(22(17)19)28(25,26-3)27-4;1-4-14-9-13-10-18-20(14)22(12-13)8-7-16-17-11-15(24)5-6-19(17)23(21(16)18)28(25,26-2)27-3;1-3-14-9-13-10-17-19-15(6-7-22(11-13)20(14)17)16-8-12(2)4-5-18(16)21-19;1-5-7(3,4)6-2/h6-7,10,15-16,19,21H,5,8-9,11-13H2,1-4H3;5-6,11,13-14,18,20,24H,4,7-10,12H2,1-3H3;4-5,8,13-14,17,20-21H,3,6-7,9-11H2,1-2H3;1-2H3/t15-,16?,19+,21?;13-,14?,18+,20?;13-,14?,17-,20?;/m000./s1. The summed E-state index contributed by atoms with van der Waals surface area (Å²) in [6, 6.07) is 20.5. The Morgan fingerprint density at radius 1 is 0.518 bits per heavy atom. The summed E-state index contributed by atoms with van der Waals surface area (Å²) in [6.07, 6.45) is 14.7. The van der Waals surface area contributed by atoms with Crippen LogP contribution in [0.4, 0.5) is 0 Å². The quantitative estimate of drug-likeness (QED) is 0.118. The number of aromatic hydroxyl groups is 1. The average molecular weight is 1250 g/mol. The maximum absolute atomic E-state index is 13.7. The van der Waals surface area contributed by atoms with E-state index in [0.717, 1.165) is 90.1 Å². The number of nitrogens with zero attached hydrogens (tertiary/aromatic N) is 5. The summed E-state index contributed by atoms with van der Waals surface area (Å²) in [6.45, 7) is 15.3. The molecule has 18 rings (SSSR count). The predicted octanol–water partition coefficient (Wildman–Crippen LogP) is 15.2. The van der Waals surface area contributed by atoms with E-state index in [2.05, 4.69) is 99.7 Å². The SMILES string of the molecule is CCC1C[C@H]2C[C@H]3c4[nH]c5ccc(C)cc5c4CCN(C2)C13.CCC1C[C@H]2C[C@H]3c4c(c5cc(C)ccc5n4P(=O)(OC)OC)CCN(C2)C13.CCC1C[C@H]2C[C@H]3c4c(c5cc(O)ccc5n4P(=O)(OC)OC)CCN(C2)C13.COP(=O)(Cl)OC. The highest BCUT2D eigenvalue weighted by Gasteiger charge is 2.53. The summed E-state index contributed by atoms with van der Waals surface area (Å²) in [7, 11) is 1.42. The van der Waals surface area contributed by atoms with E-state index in [9.17, 15) is 18.8 Å². The van der Waals surface area contributed by atoms with Crippen LogP contribution in [-0.2, 0) is 60.1 Å². The third kappa shape index (κ3) is 10.8. The highest BCUT2D eigenvalue weighted by atomic mass is 35.7. The molecule has 85 heavy (non-hydrogen) atoms. The van der Waals surface area contributed by atoms with Crippen molar-refractivity contribution in [2.24, 2.45) is 35.5 Å². The Bertz CT molecular complexity index is 3420. The summed E-state index contributed by atoms with van der Waals surface area (Å²) in [4.78, 5) is 12.1.